The maximum Gasteiger partial charge on any atom is 0.220 e. The van der Waals surface area contributed by atoms with Gasteiger partial charge in [-0.1, -0.05) is 103 Å². The van der Waals surface area contributed by atoms with Gasteiger partial charge in [-0.25, -0.2) is 0 Å². The highest BCUT2D eigenvalue weighted by Gasteiger charge is 2.16. The normalized spacial score (nSPS) is 11.8. The van der Waals surface area contributed by atoms with E-state index in [0.29, 0.717) is 6.42 Å². The molecule has 0 aliphatic heterocycles. The van der Waals surface area contributed by atoms with Crippen molar-refractivity contribution in [1.82, 2.24) is 20.1 Å². The van der Waals surface area contributed by atoms with Crippen molar-refractivity contribution in [2.75, 3.05) is 5.75 Å². The van der Waals surface area contributed by atoms with Crippen LogP contribution in [0.1, 0.15) is 36.9 Å². The van der Waals surface area contributed by atoms with E-state index in [1.807, 2.05) is 66.7 Å². The summed E-state index contributed by atoms with van der Waals surface area (Å²) < 4.78 is 2.13. The molecule has 3 aromatic carbocycles. The molecule has 1 atom stereocenters. The SMILES string of the molecule is CCn1c(SCCCC(=O)NC(Cc2ccccc2)c2ccccc2)nnc1-c1ccccc1. The van der Waals surface area contributed by atoms with Gasteiger partial charge in [0, 0.05) is 24.3 Å². The van der Waals surface area contributed by atoms with E-state index >= 15 is 0 Å². The lowest BCUT2D eigenvalue weighted by atomic mass is 9.98. The first-order valence-electron chi connectivity index (χ1n) is 11.7. The van der Waals surface area contributed by atoms with Gasteiger partial charge in [-0.15, -0.1) is 10.2 Å². The second-order valence-electron chi connectivity index (χ2n) is 8.09. The van der Waals surface area contributed by atoms with E-state index < -0.39 is 0 Å². The molecule has 34 heavy (non-hydrogen) atoms. The number of hydrogen-bond acceptors (Lipinski definition) is 4. The van der Waals surface area contributed by atoms with Crippen LogP contribution >= 0.6 is 11.8 Å². The van der Waals surface area contributed by atoms with Gasteiger partial charge in [-0.3, -0.25) is 4.79 Å². The van der Waals surface area contributed by atoms with Gasteiger partial charge in [0.1, 0.15) is 0 Å². The summed E-state index contributed by atoms with van der Waals surface area (Å²) in [6.07, 6.45) is 2.03. The van der Waals surface area contributed by atoms with Crippen LogP contribution in [-0.4, -0.2) is 26.4 Å². The predicted molar refractivity (Wildman–Crippen MR) is 139 cm³/mol. The fourth-order valence-electron chi connectivity index (χ4n) is 3.93. The van der Waals surface area contributed by atoms with Crippen LogP contribution in [0.5, 0.6) is 0 Å². The first kappa shape index (κ1) is 23.8. The Balaban J connectivity index is 1.31. The lowest BCUT2D eigenvalue weighted by molar-refractivity contribution is -0.121. The van der Waals surface area contributed by atoms with Crippen LogP contribution in [0.4, 0.5) is 0 Å². The summed E-state index contributed by atoms with van der Waals surface area (Å²) in [7, 11) is 0. The average molecular weight is 471 g/mol. The summed E-state index contributed by atoms with van der Waals surface area (Å²) in [5.41, 5.74) is 3.40. The number of amides is 1. The second-order valence-corrected chi connectivity index (χ2v) is 9.15. The Morgan fingerprint density at radius 1 is 0.912 bits per heavy atom. The zero-order valence-electron chi connectivity index (χ0n) is 19.4. The Bertz CT molecular complexity index is 1160. The molecule has 1 heterocycles. The maximum absolute atomic E-state index is 12.8. The molecule has 5 nitrogen and oxygen atoms in total. The molecular formula is C28H30N4OS. The fourth-order valence-corrected chi connectivity index (χ4v) is 4.87. The first-order valence-corrected chi connectivity index (χ1v) is 12.7. The van der Waals surface area contributed by atoms with E-state index in [0.717, 1.165) is 47.2 Å². The van der Waals surface area contributed by atoms with Crippen molar-refractivity contribution in [2.45, 2.75) is 43.9 Å². The van der Waals surface area contributed by atoms with Gasteiger partial charge in [0.15, 0.2) is 11.0 Å². The molecule has 1 unspecified atom stereocenters. The zero-order chi connectivity index (χ0) is 23.6. The number of nitrogens with zero attached hydrogens (tertiary/aromatic N) is 3. The minimum atomic E-state index is -0.0413. The highest BCUT2D eigenvalue weighted by atomic mass is 32.2. The van der Waals surface area contributed by atoms with E-state index in [9.17, 15) is 4.79 Å². The van der Waals surface area contributed by atoms with E-state index in [1.54, 1.807) is 11.8 Å². The molecule has 1 amide bonds. The third-order valence-electron chi connectivity index (χ3n) is 5.66. The number of nitrogens with one attached hydrogen (secondary N) is 1. The van der Waals surface area contributed by atoms with Crippen molar-refractivity contribution in [3.8, 4) is 11.4 Å². The molecule has 0 saturated heterocycles. The number of carbonyl (C=O) groups excluding carboxylic acids is 1. The van der Waals surface area contributed by atoms with Crippen LogP contribution in [0.3, 0.4) is 0 Å². The van der Waals surface area contributed by atoms with Gasteiger partial charge < -0.3 is 9.88 Å². The molecule has 0 spiro atoms. The maximum atomic E-state index is 12.8. The van der Waals surface area contributed by atoms with Crippen LogP contribution < -0.4 is 5.32 Å². The topological polar surface area (TPSA) is 59.8 Å². The molecule has 1 aromatic heterocycles. The van der Waals surface area contributed by atoms with Gasteiger partial charge in [0.25, 0.3) is 0 Å². The molecule has 0 bridgehead atoms. The fraction of sp³-hybridized carbons (Fsp3) is 0.250. The summed E-state index contributed by atoms with van der Waals surface area (Å²) in [4.78, 5) is 12.8. The van der Waals surface area contributed by atoms with E-state index in [-0.39, 0.29) is 11.9 Å². The van der Waals surface area contributed by atoms with E-state index in [4.69, 9.17) is 0 Å². The minimum Gasteiger partial charge on any atom is -0.349 e. The number of thioether (sulfide) groups is 1. The summed E-state index contributed by atoms with van der Waals surface area (Å²) in [5, 5.41) is 12.9. The molecule has 0 radical (unpaired) electrons. The van der Waals surface area contributed by atoms with Crippen molar-refractivity contribution in [3.63, 3.8) is 0 Å². The molecule has 4 aromatic rings. The van der Waals surface area contributed by atoms with Crippen molar-refractivity contribution in [3.05, 3.63) is 102 Å². The molecule has 0 aliphatic carbocycles. The quantitative estimate of drug-likeness (QED) is 0.218. The van der Waals surface area contributed by atoms with Gasteiger partial charge >= 0.3 is 0 Å². The predicted octanol–water partition coefficient (Wildman–Crippen LogP) is 5.94. The molecule has 0 fully saturated rings. The summed E-state index contributed by atoms with van der Waals surface area (Å²) in [6, 6.07) is 30.6. The number of aromatic nitrogens is 3. The monoisotopic (exact) mass is 470 g/mol. The summed E-state index contributed by atoms with van der Waals surface area (Å²) in [5.74, 6) is 1.77. The van der Waals surface area contributed by atoms with Crippen molar-refractivity contribution >= 4 is 17.7 Å². The number of rotatable bonds is 11. The molecule has 4 rings (SSSR count). The highest BCUT2D eigenvalue weighted by Crippen LogP contribution is 2.25. The van der Waals surface area contributed by atoms with Gasteiger partial charge in [-0.05, 0) is 30.9 Å². The largest absolute Gasteiger partial charge is 0.349 e. The van der Waals surface area contributed by atoms with Crippen LogP contribution in [0.2, 0.25) is 0 Å². The molecular weight excluding hydrogens is 440 g/mol. The standard InChI is InChI=1S/C28H30N4OS/c1-2-32-27(24-17-10-5-11-18-24)30-31-28(32)34-20-12-19-26(33)29-25(23-15-8-4-9-16-23)21-22-13-6-3-7-14-22/h3-11,13-18,25H,2,12,19-21H2,1H3,(H,29,33). The zero-order valence-corrected chi connectivity index (χ0v) is 20.2. The molecule has 6 heteroatoms. The smallest absolute Gasteiger partial charge is 0.220 e. The summed E-state index contributed by atoms with van der Waals surface area (Å²) in [6.45, 7) is 2.90. The minimum absolute atomic E-state index is 0.0413. The first-order chi connectivity index (χ1) is 16.7. The summed E-state index contributed by atoms with van der Waals surface area (Å²) >= 11 is 1.66. The van der Waals surface area contributed by atoms with Gasteiger partial charge in [-0.2, -0.15) is 0 Å². The van der Waals surface area contributed by atoms with Crippen LogP contribution in [-0.2, 0) is 17.8 Å². The van der Waals surface area contributed by atoms with Gasteiger partial charge in [0.05, 0.1) is 6.04 Å². The van der Waals surface area contributed by atoms with E-state index in [2.05, 4.69) is 51.3 Å². The average Bonchev–Trinajstić information content (AvgIpc) is 3.31. The number of hydrogen-bond donors (Lipinski definition) is 1. The Kier molecular flexibility index (Phi) is 8.52. The van der Waals surface area contributed by atoms with Crippen LogP contribution in [0.25, 0.3) is 11.4 Å². The number of benzene rings is 3. The third kappa shape index (κ3) is 6.35. The lowest BCUT2D eigenvalue weighted by Crippen LogP contribution is -2.29. The lowest BCUT2D eigenvalue weighted by Gasteiger charge is -2.19. The Morgan fingerprint density at radius 2 is 1.56 bits per heavy atom. The van der Waals surface area contributed by atoms with Crippen LogP contribution in [0.15, 0.2) is 96.2 Å². The Labute approximate surface area is 205 Å². The third-order valence-corrected chi connectivity index (χ3v) is 6.72. The van der Waals surface area contributed by atoms with Crippen molar-refractivity contribution in [1.29, 1.82) is 0 Å². The highest BCUT2D eigenvalue weighted by molar-refractivity contribution is 7.99. The molecule has 0 aliphatic rings. The Hall–Kier alpha value is -3.38. The van der Waals surface area contributed by atoms with Crippen molar-refractivity contribution in [2.24, 2.45) is 0 Å². The van der Waals surface area contributed by atoms with Crippen LogP contribution in [0, 0.1) is 0 Å². The molecule has 174 valence electrons. The Morgan fingerprint density at radius 3 is 2.24 bits per heavy atom. The van der Waals surface area contributed by atoms with Gasteiger partial charge in [0.2, 0.25) is 5.91 Å². The van der Waals surface area contributed by atoms with E-state index in [1.165, 1.54) is 5.56 Å². The second kappa shape index (κ2) is 12.2. The molecule has 1 N–H and O–H groups in total. The molecule has 0 saturated carbocycles. The number of carbonyl (C=O) groups is 1. The van der Waals surface area contributed by atoms with Crippen molar-refractivity contribution < 1.29 is 4.79 Å².